The zero-order valence-electron chi connectivity index (χ0n) is 17.3. The summed E-state index contributed by atoms with van der Waals surface area (Å²) in [5.41, 5.74) is 1.95. The van der Waals surface area contributed by atoms with Gasteiger partial charge in [-0.25, -0.2) is 4.79 Å². The van der Waals surface area contributed by atoms with Crippen LogP contribution in [0.15, 0.2) is 54.6 Å². The molecule has 2 aromatic rings. The van der Waals surface area contributed by atoms with Crippen molar-refractivity contribution in [3.05, 3.63) is 65.7 Å². The summed E-state index contributed by atoms with van der Waals surface area (Å²) >= 11 is 0. The minimum atomic E-state index is -0.879. The van der Waals surface area contributed by atoms with E-state index < -0.39 is 12.1 Å². The summed E-state index contributed by atoms with van der Waals surface area (Å²) in [7, 11) is 0. The number of ether oxygens (including phenoxy) is 3. The SMILES string of the molecule is CC[C@H](CNC(=O)[C@H](C)OC(=O)/C=C/c1ccc2c(c1)OCCO2)c1ccccc1. The van der Waals surface area contributed by atoms with Crippen LogP contribution in [0.3, 0.4) is 0 Å². The smallest absolute Gasteiger partial charge is 0.331 e. The minimum Gasteiger partial charge on any atom is -0.486 e. The van der Waals surface area contributed by atoms with Crippen molar-refractivity contribution < 1.29 is 23.8 Å². The highest BCUT2D eigenvalue weighted by atomic mass is 16.6. The van der Waals surface area contributed by atoms with Crippen molar-refractivity contribution in [3.63, 3.8) is 0 Å². The summed E-state index contributed by atoms with van der Waals surface area (Å²) in [6, 6.07) is 15.4. The molecule has 1 amide bonds. The number of fused-ring (bicyclic) bond motifs is 1. The molecule has 0 saturated carbocycles. The van der Waals surface area contributed by atoms with E-state index in [-0.39, 0.29) is 11.8 Å². The van der Waals surface area contributed by atoms with Gasteiger partial charge in [0.15, 0.2) is 17.6 Å². The van der Waals surface area contributed by atoms with Crippen LogP contribution in [0.2, 0.25) is 0 Å². The van der Waals surface area contributed by atoms with E-state index in [1.165, 1.54) is 11.6 Å². The highest BCUT2D eigenvalue weighted by molar-refractivity contribution is 5.90. The second-order valence-corrected chi connectivity index (χ2v) is 7.08. The summed E-state index contributed by atoms with van der Waals surface area (Å²) < 4.78 is 16.2. The Hall–Kier alpha value is -3.28. The molecule has 30 heavy (non-hydrogen) atoms. The van der Waals surface area contributed by atoms with Gasteiger partial charge < -0.3 is 19.5 Å². The fourth-order valence-electron chi connectivity index (χ4n) is 3.19. The van der Waals surface area contributed by atoms with E-state index in [0.29, 0.717) is 31.3 Å². The van der Waals surface area contributed by atoms with Crippen molar-refractivity contribution in [2.24, 2.45) is 0 Å². The lowest BCUT2D eigenvalue weighted by atomic mass is 9.96. The summed E-state index contributed by atoms with van der Waals surface area (Å²) in [5.74, 6) is 0.654. The van der Waals surface area contributed by atoms with Crippen molar-refractivity contribution in [1.29, 1.82) is 0 Å². The van der Waals surface area contributed by atoms with E-state index in [9.17, 15) is 9.59 Å². The molecule has 3 rings (SSSR count). The number of carbonyl (C=O) groups excluding carboxylic acids is 2. The molecule has 1 aliphatic rings. The van der Waals surface area contributed by atoms with Crippen molar-refractivity contribution >= 4 is 18.0 Å². The van der Waals surface area contributed by atoms with Crippen molar-refractivity contribution in [2.75, 3.05) is 19.8 Å². The quantitative estimate of drug-likeness (QED) is 0.531. The minimum absolute atomic E-state index is 0.216. The first kappa shape index (κ1) is 21.4. The molecule has 6 heteroatoms. The lowest BCUT2D eigenvalue weighted by molar-refractivity contribution is -0.150. The highest BCUT2D eigenvalue weighted by Gasteiger charge is 2.18. The first-order valence-corrected chi connectivity index (χ1v) is 10.2. The molecule has 158 valence electrons. The van der Waals surface area contributed by atoms with Gasteiger partial charge in [0.05, 0.1) is 0 Å². The standard InChI is InChI=1S/C24H27NO5/c1-3-19(20-7-5-4-6-8-20)16-25-24(27)17(2)30-23(26)12-10-18-9-11-21-22(15-18)29-14-13-28-21/h4-12,15,17,19H,3,13-14,16H2,1-2H3,(H,25,27)/b12-10+/t17-,19+/m0/s1. The Bertz CT molecular complexity index is 894. The van der Waals surface area contributed by atoms with E-state index in [1.54, 1.807) is 25.1 Å². The average Bonchev–Trinajstić information content (AvgIpc) is 2.78. The molecule has 2 atom stereocenters. The molecule has 0 radical (unpaired) electrons. The predicted octanol–water partition coefficient (Wildman–Crippen LogP) is 3.71. The summed E-state index contributed by atoms with van der Waals surface area (Å²) in [6.45, 7) is 5.16. The predicted molar refractivity (Wildman–Crippen MR) is 115 cm³/mol. The number of benzene rings is 2. The Morgan fingerprint density at radius 3 is 2.57 bits per heavy atom. The number of carbonyl (C=O) groups is 2. The van der Waals surface area contributed by atoms with Crippen LogP contribution in [-0.4, -0.2) is 37.7 Å². The van der Waals surface area contributed by atoms with Gasteiger partial charge in [-0.05, 0) is 42.7 Å². The Kier molecular flexibility index (Phi) is 7.49. The Balaban J connectivity index is 1.48. The van der Waals surface area contributed by atoms with E-state index in [1.807, 2.05) is 36.4 Å². The van der Waals surface area contributed by atoms with Gasteiger partial charge in [-0.2, -0.15) is 0 Å². The van der Waals surface area contributed by atoms with E-state index in [2.05, 4.69) is 12.2 Å². The fraction of sp³-hybridized carbons (Fsp3) is 0.333. The third-order valence-electron chi connectivity index (χ3n) is 4.93. The van der Waals surface area contributed by atoms with E-state index in [4.69, 9.17) is 14.2 Å². The Labute approximate surface area is 176 Å². The number of rotatable bonds is 8. The van der Waals surface area contributed by atoms with Crippen molar-refractivity contribution in [3.8, 4) is 11.5 Å². The maximum atomic E-state index is 12.3. The van der Waals surface area contributed by atoms with Crippen LogP contribution in [0.5, 0.6) is 11.5 Å². The lowest BCUT2D eigenvalue weighted by Crippen LogP contribution is -2.37. The molecule has 0 aliphatic carbocycles. The van der Waals surface area contributed by atoms with E-state index in [0.717, 1.165) is 12.0 Å². The molecule has 2 aromatic carbocycles. The third-order valence-corrected chi connectivity index (χ3v) is 4.93. The van der Waals surface area contributed by atoms with Gasteiger partial charge in [-0.1, -0.05) is 43.3 Å². The number of amides is 1. The molecule has 1 heterocycles. The van der Waals surface area contributed by atoms with Gasteiger partial charge in [0, 0.05) is 18.5 Å². The van der Waals surface area contributed by atoms with Gasteiger partial charge in [-0.3, -0.25) is 4.79 Å². The molecule has 0 saturated heterocycles. The van der Waals surface area contributed by atoms with Gasteiger partial charge in [0.1, 0.15) is 13.2 Å². The molecule has 1 aliphatic heterocycles. The van der Waals surface area contributed by atoms with Crippen LogP contribution in [0.25, 0.3) is 6.08 Å². The van der Waals surface area contributed by atoms with Gasteiger partial charge in [0.25, 0.3) is 5.91 Å². The van der Waals surface area contributed by atoms with Crippen LogP contribution < -0.4 is 14.8 Å². The molecular formula is C24H27NO5. The first-order chi connectivity index (χ1) is 14.6. The number of hydrogen-bond donors (Lipinski definition) is 1. The molecule has 0 bridgehead atoms. The normalized spacial score (nSPS) is 14.7. The molecule has 0 aromatic heterocycles. The zero-order chi connectivity index (χ0) is 21.3. The number of esters is 1. The summed E-state index contributed by atoms with van der Waals surface area (Å²) in [4.78, 5) is 24.4. The van der Waals surface area contributed by atoms with Gasteiger partial charge in [0.2, 0.25) is 0 Å². The highest BCUT2D eigenvalue weighted by Crippen LogP contribution is 2.31. The Morgan fingerprint density at radius 1 is 1.10 bits per heavy atom. The zero-order valence-corrected chi connectivity index (χ0v) is 17.3. The number of hydrogen-bond acceptors (Lipinski definition) is 5. The Morgan fingerprint density at radius 2 is 1.83 bits per heavy atom. The second kappa shape index (κ2) is 10.5. The van der Waals surface area contributed by atoms with Gasteiger partial charge >= 0.3 is 5.97 Å². The fourth-order valence-corrected chi connectivity index (χ4v) is 3.19. The van der Waals surface area contributed by atoms with Crippen LogP contribution in [-0.2, 0) is 14.3 Å². The van der Waals surface area contributed by atoms with Crippen LogP contribution >= 0.6 is 0 Å². The lowest BCUT2D eigenvalue weighted by Gasteiger charge is -2.18. The molecule has 6 nitrogen and oxygen atoms in total. The molecule has 1 N–H and O–H groups in total. The monoisotopic (exact) mass is 409 g/mol. The van der Waals surface area contributed by atoms with Crippen LogP contribution in [0, 0.1) is 0 Å². The van der Waals surface area contributed by atoms with Crippen molar-refractivity contribution in [1.82, 2.24) is 5.32 Å². The van der Waals surface area contributed by atoms with Crippen molar-refractivity contribution in [2.45, 2.75) is 32.3 Å². The topological polar surface area (TPSA) is 73.9 Å². The molecule has 0 unspecified atom stereocenters. The number of nitrogens with one attached hydrogen (secondary N) is 1. The average molecular weight is 409 g/mol. The van der Waals surface area contributed by atoms with Gasteiger partial charge in [-0.15, -0.1) is 0 Å². The molecular weight excluding hydrogens is 382 g/mol. The van der Waals surface area contributed by atoms with E-state index >= 15 is 0 Å². The summed E-state index contributed by atoms with van der Waals surface area (Å²) in [5, 5.41) is 2.87. The largest absolute Gasteiger partial charge is 0.486 e. The second-order valence-electron chi connectivity index (χ2n) is 7.08. The first-order valence-electron chi connectivity index (χ1n) is 10.2. The molecule has 0 spiro atoms. The molecule has 0 fully saturated rings. The maximum absolute atomic E-state index is 12.3. The summed E-state index contributed by atoms with van der Waals surface area (Å²) in [6.07, 6.45) is 2.94. The maximum Gasteiger partial charge on any atom is 0.331 e. The van der Waals surface area contributed by atoms with Crippen LogP contribution in [0.1, 0.15) is 37.3 Å². The van der Waals surface area contributed by atoms with Crippen LogP contribution in [0.4, 0.5) is 0 Å². The third kappa shape index (κ3) is 5.86.